The number of rotatable bonds is 4. The molecule has 0 bridgehead atoms. The van der Waals surface area contributed by atoms with Gasteiger partial charge < -0.3 is 9.84 Å². The molecule has 104 valence electrons. The summed E-state index contributed by atoms with van der Waals surface area (Å²) < 4.78 is 18.6. The van der Waals surface area contributed by atoms with Crippen molar-refractivity contribution in [1.82, 2.24) is 0 Å². The fourth-order valence-corrected chi connectivity index (χ4v) is 1.92. The van der Waals surface area contributed by atoms with Crippen LogP contribution < -0.4 is 4.74 Å². The number of benzene rings is 2. The highest BCUT2D eigenvalue weighted by molar-refractivity contribution is 6.31. The van der Waals surface area contributed by atoms with Gasteiger partial charge in [0.05, 0.1) is 5.56 Å². The van der Waals surface area contributed by atoms with Gasteiger partial charge in [-0.15, -0.1) is 0 Å². The van der Waals surface area contributed by atoms with E-state index in [0.29, 0.717) is 16.3 Å². The standard InChI is InChI=1S/C15H12ClFO3/c1-9-2-5-12(17)7-14(9)20-8-11-4-3-10(15(18)19)6-13(11)16/h2-7H,8H2,1H3,(H,18,19). The first kappa shape index (κ1) is 14.3. The van der Waals surface area contributed by atoms with Crippen molar-refractivity contribution >= 4 is 17.6 Å². The summed E-state index contributed by atoms with van der Waals surface area (Å²) in [4.78, 5) is 10.8. The van der Waals surface area contributed by atoms with Crippen LogP contribution in [0.4, 0.5) is 4.39 Å². The molecule has 2 rings (SSSR count). The van der Waals surface area contributed by atoms with E-state index in [1.54, 1.807) is 12.1 Å². The van der Waals surface area contributed by atoms with Gasteiger partial charge >= 0.3 is 5.97 Å². The van der Waals surface area contributed by atoms with Crippen LogP contribution in [0.3, 0.4) is 0 Å². The smallest absolute Gasteiger partial charge is 0.335 e. The lowest BCUT2D eigenvalue weighted by Gasteiger charge is -2.10. The third-order valence-electron chi connectivity index (χ3n) is 2.83. The van der Waals surface area contributed by atoms with Crippen LogP contribution in [0.25, 0.3) is 0 Å². The second-order valence-corrected chi connectivity index (χ2v) is 4.72. The lowest BCUT2D eigenvalue weighted by molar-refractivity contribution is 0.0697. The largest absolute Gasteiger partial charge is 0.488 e. The van der Waals surface area contributed by atoms with Crippen molar-refractivity contribution < 1.29 is 19.0 Å². The molecule has 1 N–H and O–H groups in total. The van der Waals surface area contributed by atoms with Gasteiger partial charge in [-0.2, -0.15) is 0 Å². The molecular weight excluding hydrogens is 283 g/mol. The Labute approximate surface area is 120 Å². The summed E-state index contributed by atoms with van der Waals surface area (Å²) in [5.41, 5.74) is 1.56. The molecule has 0 saturated heterocycles. The van der Waals surface area contributed by atoms with Crippen molar-refractivity contribution in [3.05, 3.63) is 63.9 Å². The van der Waals surface area contributed by atoms with E-state index in [0.717, 1.165) is 5.56 Å². The molecule has 0 aliphatic heterocycles. The van der Waals surface area contributed by atoms with Crippen LogP contribution >= 0.6 is 11.6 Å². The highest BCUT2D eigenvalue weighted by atomic mass is 35.5. The minimum Gasteiger partial charge on any atom is -0.488 e. The van der Waals surface area contributed by atoms with Crippen molar-refractivity contribution in [1.29, 1.82) is 0 Å². The van der Waals surface area contributed by atoms with E-state index >= 15 is 0 Å². The van der Waals surface area contributed by atoms with Gasteiger partial charge in [-0.25, -0.2) is 9.18 Å². The summed E-state index contributed by atoms with van der Waals surface area (Å²) in [5.74, 6) is -0.985. The van der Waals surface area contributed by atoms with Crippen LogP contribution in [0, 0.1) is 12.7 Å². The molecule has 0 atom stereocenters. The fraction of sp³-hybridized carbons (Fsp3) is 0.133. The zero-order valence-corrected chi connectivity index (χ0v) is 11.4. The number of aromatic carboxylic acids is 1. The first-order chi connectivity index (χ1) is 9.47. The Hall–Kier alpha value is -2.07. The zero-order valence-electron chi connectivity index (χ0n) is 10.7. The molecule has 0 radical (unpaired) electrons. The van der Waals surface area contributed by atoms with Crippen LogP contribution in [0.5, 0.6) is 5.75 Å². The van der Waals surface area contributed by atoms with E-state index in [9.17, 15) is 9.18 Å². The Morgan fingerprint density at radius 3 is 2.70 bits per heavy atom. The van der Waals surface area contributed by atoms with E-state index in [-0.39, 0.29) is 18.0 Å². The number of carboxylic acid groups (broad SMARTS) is 1. The molecule has 0 aromatic heterocycles. The van der Waals surface area contributed by atoms with E-state index in [1.807, 2.05) is 6.92 Å². The first-order valence-corrected chi connectivity index (χ1v) is 6.26. The topological polar surface area (TPSA) is 46.5 Å². The number of ether oxygens (including phenoxy) is 1. The van der Waals surface area contributed by atoms with Crippen molar-refractivity contribution in [2.24, 2.45) is 0 Å². The van der Waals surface area contributed by atoms with E-state index in [2.05, 4.69) is 0 Å². The van der Waals surface area contributed by atoms with Gasteiger partial charge in [0.2, 0.25) is 0 Å². The SMILES string of the molecule is Cc1ccc(F)cc1OCc1ccc(C(=O)O)cc1Cl. The molecule has 0 spiro atoms. The van der Waals surface area contributed by atoms with Crippen molar-refractivity contribution in [3.63, 3.8) is 0 Å². The molecule has 0 aliphatic rings. The summed E-state index contributed by atoms with van der Waals surface area (Å²) in [6.45, 7) is 1.95. The van der Waals surface area contributed by atoms with Crippen LogP contribution in [-0.2, 0) is 6.61 Å². The first-order valence-electron chi connectivity index (χ1n) is 5.88. The second kappa shape index (κ2) is 5.92. The Kier molecular flexibility index (Phi) is 4.25. The maximum atomic E-state index is 13.1. The van der Waals surface area contributed by atoms with Gasteiger partial charge in [-0.3, -0.25) is 0 Å². The normalized spacial score (nSPS) is 10.3. The third-order valence-corrected chi connectivity index (χ3v) is 3.19. The summed E-state index contributed by atoms with van der Waals surface area (Å²) in [5, 5.41) is 9.15. The zero-order chi connectivity index (χ0) is 14.7. The van der Waals surface area contributed by atoms with Gasteiger partial charge in [0.1, 0.15) is 18.2 Å². The number of hydrogen-bond donors (Lipinski definition) is 1. The Morgan fingerprint density at radius 2 is 2.05 bits per heavy atom. The molecule has 20 heavy (non-hydrogen) atoms. The van der Waals surface area contributed by atoms with Crippen LogP contribution in [0.2, 0.25) is 5.02 Å². The molecule has 2 aromatic carbocycles. The molecule has 0 fully saturated rings. The highest BCUT2D eigenvalue weighted by Gasteiger charge is 2.08. The van der Waals surface area contributed by atoms with Crippen molar-refractivity contribution in [2.45, 2.75) is 13.5 Å². The molecule has 2 aromatic rings. The molecule has 0 aliphatic carbocycles. The predicted molar refractivity (Wildman–Crippen MR) is 73.9 cm³/mol. The van der Waals surface area contributed by atoms with E-state index in [1.165, 1.54) is 24.3 Å². The van der Waals surface area contributed by atoms with E-state index in [4.69, 9.17) is 21.4 Å². The number of hydrogen-bond acceptors (Lipinski definition) is 2. The number of halogens is 2. The maximum absolute atomic E-state index is 13.1. The maximum Gasteiger partial charge on any atom is 0.335 e. The molecular formula is C15H12ClFO3. The fourth-order valence-electron chi connectivity index (χ4n) is 1.68. The average Bonchev–Trinajstić information content (AvgIpc) is 2.40. The quantitative estimate of drug-likeness (QED) is 0.925. The Bertz CT molecular complexity index is 656. The number of carboxylic acids is 1. The van der Waals surface area contributed by atoms with Gasteiger partial charge in [0.15, 0.2) is 0 Å². The van der Waals surface area contributed by atoms with Crippen LogP contribution in [0.1, 0.15) is 21.5 Å². The van der Waals surface area contributed by atoms with Gasteiger partial charge in [0, 0.05) is 16.7 Å². The second-order valence-electron chi connectivity index (χ2n) is 4.31. The van der Waals surface area contributed by atoms with Crippen molar-refractivity contribution in [3.8, 4) is 5.75 Å². The molecule has 5 heteroatoms. The lowest BCUT2D eigenvalue weighted by atomic mass is 10.1. The Balaban J connectivity index is 2.15. The number of carbonyl (C=O) groups is 1. The monoisotopic (exact) mass is 294 g/mol. The molecule has 0 saturated carbocycles. The molecule has 0 amide bonds. The minimum absolute atomic E-state index is 0.112. The van der Waals surface area contributed by atoms with Crippen LogP contribution in [-0.4, -0.2) is 11.1 Å². The Morgan fingerprint density at radius 1 is 1.30 bits per heavy atom. The summed E-state index contributed by atoms with van der Waals surface area (Å²) in [6.07, 6.45) is 0. The highest BCUT2D eigenvalue weighted by Crippen LogP contribution is 2.23. The number of aryl methyl sites for hydroxylation is 1. The van der Waals surface area contributed by atoms with Crippen molar-refractivity contribution in [2.75, 3.05) is 0 Å². The van der Waals surface area contributed by atoms with Gasteiger partial charge in [-0.1, -0.05) is 23.7 Å². The molecule has 0 unspecified atom stereocenters. The molecule has 3 nitrogen and oxygen atoms in total. The summed E-state index contributed by atoms with van der Waals surface area (Å²) >= 11 is 5.99. The minimum atomic E-state index is -1.04. The molecule has 0 heterocycles. The summed E-state index contributed by atoms with van der Waals surface area (Å²) in [7, 11) is 0. The van der Waals surface area contributed by atoms with Gasteiger partial charge in [0.25, 0.3) is 0 Å². The summed E-state index contributed by atoms with van der Waals surface area (Å²) in [6, 6.07) is 8.68. The third kappa shape index (κ3) is 3.27. The predicted octanol–water partition coefficient (Wildman–Crippen LogP) is 4.06. The van der Waals surface area contributed by atoms with Crippen LogP contribution in [0.15, 0.2) is 36.4 Å². The van der Waals surface area contributed by atoms with E-state index < -0.39 is 5.97 Å². The lowest BCUT2D eigenvalue weighted by Crippen LogP contribution is -2.01. The van der Waals surface area contributed by atoms with Gasteiger partial charge in [-0.05, 0) is 30.7 Å². The average molecular weight is 295 g/mol.